The van der Waals surface area contributed by atoms with Gasteiger partial charge in [-0.3, -0.25) is 4.98 Å². The van der Waals surface area contributed by atoms with E-state index in [0.29, 0.717) is 6.04 Å². The molecule has 0 aliphatic rings. The Morgan fingerprint density at radius 3 is 2.61 bits per heavy atom. The molecule has 18 heavy (non-hydrogen) atoms. The van der Waals surface area contributed by atoms with Crippen molar-refractivity contribution in [2.75, 3.05) is 6.54 Å². The Labute approximate surface area is 108 Å². The third-order valence-electron chi connectivity index (χ3n) is 2.98. The summed E-state index contributed by atoms with van der Waals surface area (Å²) in [6.45, 7) is 3.24. The van der Waals surface area contributed by atoms with Crippen LogP contribution in [0, 0.1) is 0 Å². The molecule has 2 aromatic heterocycles. The van der Waals surface area contributed by atoms with Crippen molar-refractivity contribution in [3.8, 4) is 0 Å². The van der Waals surface area contributed by atoms with E-state index < -0.39 is 0 Å². The van der Waals surface area contributed by atoms with Crippen LogP contribution in [0.5, 0.6) is 0 Å². The van der Waals surface area contributed by atoms with Gasteiger partial charge in [0.05, 0.1) is 12.5 Å². The van der Waals surface area contributed by atoms with Crippen molar-refractivity contribution in [1.29, 1.82) is 0 Å². The van der Waals surface area contributed by atoms with Gasteiger partial charge in [0, 0.05) is 18.4 Å². The average molecular weight is 244 g/mol. The summed E-state index contributed by atoms with van der Waals surface area (Å²) in [5, 5.41) is 3.59. The summed E-state index contributed by atoms with van der Waals surface area (Å²) in [6.07, 6.45) is 10.4. The third-order valence-corrected chi connectivity index (χ3v) is 2.98. The number of hydrogen-bond donors (Lipinski definition) is 1. The van der Waals surface area contributed by atoms with Gasteiger partial charge in [-0.2, -0.15) is 0 Å². The lowest BCUT2D eigenvalue weighted by molar-refractivity contribution is 0.499. The fraction of sp³-hybridized carbons (Fsp3) is 0.400. The van der Waals surface area contributed by atoms with Crippen LogP contribution in [0.3, 0.4) is 0 Å². The van der Waals surface area contributed by atoms with Crippen LogP contribution in [0.2, 0.25) is 0 Å². The first-order chi connectivity index (χ1) is 8.88. The molecular weight excluding hydrogens is 224 g/mol. The molecule has 1 N–H and O–H groups in total. The van der Waals surface area contributed by atoms with Crippen LogP contribution in [0.4, 0.5) is 0 Å². The molecule has 0 aliphatic heterocycles. The van der Waals surface area contributed by atoms with E-state index in [4.69, 9.17) is 4.42 Å². The third kappa shape index (κ3) is 4.00. The first-order valence-corrected chi connectivity index (χ1v) is 6.52. The molecule has 0 aromatic carbocycles. The van der Waals surface area contributed by atoms with Crippen LogP contribution in [0.1, 0.15) is 24.5 Å². The predicted octanol–water partition coefficient (Wildman–Crippen LogP) is 2.83. The topological polar surface area (TPSA) is 38.1 Å². The van der Waals surface area contributed by atoms with Crippen molar-refractivity contribution < 1.29 is 4.42 Å². The van der Waals surface area contributed by atoms with Crippen LogP contribution < -0.4 is 5.32 Å². The highest BCUT2D eigenvalue weighted by Gasteiger charge is 2.10. The van der Waals surface area contributed by atoms with Crippen molar-refractivity contribution in [2.45, 2.75) is 32.2 Å². The van der Waals surface area contributed by atoms with Gasteiger partial charge >= 0.3 is 0 Å². The molecule has 0 radical (unpaired) electrons. The quantitative estimate of drug-likeness (QED) is 0.814. The normalized spacial score (nSPS) is 12.5. The Bertz CT molecular complexity index is 425. The molecule has 3 nitrogen and oxygen atoms in total. The van der Waals surface area contributed by atoms with Gasteiger partial charge in [0.2, 0.25) is 0 Å². The average Bonchev–Trinajstić information content (AvgIpc) is 2.90. The van der Waals surface area contributed by atoms with Crippen molar-refractivity contribution in [2.24, 2.45) is 0 Å². The molecule has 1 unspecified atom stereocenters. The first kappa shape index (κ1) is 12.8. The lowest BCUT2D eigenvalue weighted by Gasteiger charge is -2.17. The predicted molar refractivity (Wildman–Crippen MR) is 72.4 cm³/mol. The van der Waals surface area contributed by atoms with Gasteiger partial charge in [-0.25, -0.2) is 0 Å². The van der Waals surface area contributed by atoms with Gasteiger partial charge in [-0.05, 0) is 55.1 Å². The molecule has 2 aromatic rings. The minimum Gasteiger partial charge on any atom is -0.472 e. The number of rotatable bonds is 7. The zero-order chi connectivity index (χ0) is 12.6. The van der Waals surface area contributed by atoms with Gasteiger partial charge in [0.25, 0.3) is 0 Å². The summed E-state index contributed by atoms with van der Waals surface area (Å²) in [5.74, 6) is 0. The summed E-state index contributed by atoms with van der Waals surface area (Å²) in [4.78, 5) is 4.06. The molecule has 0 fully saturated rings. The van der Waals surface area contributed by atoms with Crippen LogP contribution in [0.15, 0.2) is 47.5 Å². The van der Waals surface area contributed by atoms with Crippen molar-refractivity contribution in [1.82, 2.24) is 10.3 Å². The Kier molecular flexibility index (Phi) is 4.97. The minimum absolute atomic E-state index is 0.449. The van der Waals surface area contributed by atoms with Gasteiger partial charge < -0.3 is 9.73 Å². The number of furan rings is 1. The number of nitrogens with zero attached hydrogens (tertiary/aromatic N) is 1. The zero-order valence-electron chi connectivity index (χ0n) is 10.8. The second-order valence-corrected chi connectivity index (χ2v) is 4.55. The van der Waals surface area contributed by atoms with E-state index in [1.807, 2.05) is 24.7 Å². The fourth-order valence-corrected chi connectivity index (χ4v) is 2.06. The fourth-order valence-electron chi connectivity index (χ4n) is 2.06. The van der Waals surface area contributed by atoms with E-state index in [1.165, 1.54) is 11.1 Å². The molecule has 3 heteroatoms. The Hall–Kier alpha value is -1.61. The second kappa shape index (κ2) is 6.97. The SMILES string of the molecule is CCCNC(Cc1ccncc1)Cc1ccoc1. The number of hydrogen-bond acceptors (Lipinski definition) is 3. The van der Waals surface area contributed by atoms with E-state index in [1.54, 1.807) is 6.26 Å². The van der Waals surface area contributed by atoms with Gasteiger partial charge in [-0.1, -0.05) is 6.92 Å². The summed E-state index contributed by atoms with van der Waals surface area (Å²) >= 11 is 0. The lowest BCUT2D eigenvalue weighted by atomic mass is 10.0. The molecule has 2 heterocycles. The smallest absolute Gasteiger partial charge is 0.0935 e. The molecule has 2 rings (SSSR count). The van der Waals surface area contributed by atoms with Gasteiger partial charge in [0.1, 0.15) is 0 Å². The van der Waals surface area contributed by atoms with E-state index in [-0.39, 0.29) is 0 Å². The first-order valence-electron chi connectivity index (χ1n) is 6.52. The molecule has 0 spiro atoms. The van der Waals surface area contributed by atoms with E-state index in [9.17, 15) is 0 Å². The minimum atomic E-state index is 0.449. The standard InChI is InChI=1S/C15H20N2O/c1-2-6-17-15(11-14-5-9-18-12-14)10-13-3-7-16-8-4-13/h3-5,7-9,12,15,17H,2,6,10-11H2,1H3. The van der Waals surface area contributed by atoms with Crippen molar-refractivity contribution in [3.63, 3.8) is 0 Å². The second-order valence-electron chi connectivity index (χ2n) is 4.55. The number of nitrogens with one attached hydrogen (secondary N) is 1. The maximum Gasteiger partial charge on any atom is 0.0935 e. The van der Waals surface area contributed by atoms with Crippen LogP contribution in [0.25, 0.3) is 0 Å². The molecule has 0 amide bonds. The summed E-state index contributed by atoms with van der Waals surface area (Å²) in [6, 6.07) is 6.64. The van der Waals surface area contributed by atoms with E-state index in [2.05, 4.69) is 29.4 Å². The van der Waals surface area contributed by atoms with Gasteiger partial charge in [0.15, 0.2) is 0 Å². The highest BCUT2D eigenvalue weighted by Crippen LogP contribution is 2.09. The summed E-state index contributed by atoms with van der Waals surface area (Å²) < 4.78 is 5.13. The molecule has 0 saturated heterocycles. The molecule has 0 bridgehead atoms. The maximum absolute atomic E-state index is 5.13. The number of aromatic nitrogens is 1. The highest BCUT2D eigenvalue weighted by molar-refractivity contribution is 5.14. The molecular formula is C15H20N2O. The zero-order valence-corrected chi connectivity index (χ0v) is 10.8. The Morgan fingerprint density at radius 2 is 1.94 bits per heavy atom. The van der Waals surface area contributed by atoms with Crippen molar-refractivity contribution in [3.05, 3.63) is 54.2 Å². The lowest BCUT2D eigenvalue weighted by Crippen LogP contribution is -2.33. The van der Waals surface area contributed by atoms with Gasteiger partial charge in [-0.15, -0.1) is 0 Å². The highest BCUT2D eigenvalue weighted by atomic mass is 16.3. The van der Waals surface area contributed by atoms with Crippen LogP contribution in [-0.4, -0.2) is 17.6 Å². The molecule has 1 atom stereocenters. The number of pyridine rings is 1. The van der Waals surface area contributed by atoms with Crippen molar-refractivity contribution >= 4 is 0 Å². The van der Waals surface area contributed by atoms with Crippen LogP contribution in [-0.2, 0) is 12.8 Å². The van der Waals surface area contributed by atoms with E-state index in [0.717, 1.165) is 25.8 Å². The summed E-state index contributed by atoms with van der Waals surface area (Å²) in [5.41, 5.74) is 2.57. The molecule has 0 saturated carbocycles. The maximum atomic E-state index is 5.13. The summed E-state index contributed by atoms with van der Waals surface area (Å²) in [7, 11) is 0. The Morgan fingerprint density at radius 1 is 1.17 bits per heavy atom. The Balaban J connectivity index is 1.96. The van der Waals surface area contributed by atoms with Crippen LogP contribution >= 0.6 is 0 Å². The molecule has 0 aliphatic carbocycles. The van der Waals surface area contributed by atoms with E-state index >= 15 is 0 Å². The molecule has 96 valence electrons. The monoisotopic (exact) mass is 244 g/mol. The largest absolute Gasteiger partial charge is 0.472 e.